The van der Waals surface area contributed by atoms with Crippen LogP contribution in [0.4, 0.5) is 22.2 Å². The second-order valence-corrected chi connectivity index (χ2v) is 9.10. The zero-order valence-electron chi connectivity index (χ0n) is 19.6. The highest BCUT2D eigenvalue weighted by Gasteiger charge is 2.31. The number of hydrogen-bond acceptors (Lipinski definition) is 12. The molecule has 4 rings (SSSR count). The molecule has 0 radical (unpaired) electrons. The number of anilines is 4. The third-order valence-corrected chi connectivity index (χ3v) is 5.96. The highest BCUT2D eigenvalue weighted by molar-refractivity contribution is 7.19. The quantitative estimate of drug-likeness (QED) is 0.194. The Kier molecular flexibility index (Phi) is 7.30. The number of aromatic nitrogens is 3. The Morgan fingerprint density at radius 1 is 1.11 bits per heavy atom. The number of hydrogen-bond donors (Lipinski definition) is 7. The average Bonchev–Trinajstić information content (AvgIpc) is 3.57. The molecule has 3 amide bonds. The van der Waals surface area contributed by atoms with Gasteiger partial charge < -0.3 is 36.0 Å². The number of methoxy groups -OCH3 is 1. The summed E-state index contributed by atoms with van der Waals surface area (Å²) >= 11 is 1.22. The lowest BCUT2D eigenvalue weighted by Crippen LogP contribution is -2.48. The van der Waals surface area contributed by atoms with Crippen molar-refractivity contribution in [1.29, 1.82) is 0 Å². The molecule has 14 nitrogen and oxygen atoms in total. The number of rotatable bonds is 9. The van der Waals surface area contributed by atoms with E-state index in [2.05, 4.69) is 31.1 Å². The Hall–Kier alpha value is -4.18. The Morgan fingerprint density at radius 2 is 1.86 bits per heavy atom. The zero-order chi connectivity index (χ0) is 26.7. The van der Waals surface area contributed by atoms with E-state index in [1.807, 2.05) is 0 Å². The van der Waals surface area contributed by atoms with Crippen LogP contribution in [0.3, 0.4) is 0 Å². The van der Waals surface area contributed by atoms with E-state index >= 15 is 0 Å². The van der Waals surface area contributed by atoms with Crippen LogP contribution in [-0.4, -0.2) is 61.4 Å². The monoisotopic (exact) mass is 529 g/mol. The summed E-state index contributed by atoms with van der Waals surface area (Å²) in [7, 11) is 1.43. The molecule has 194 valence electrons. The lowest BCUT2D eigenvalue weighted by molar-refractivity contribution is -0.323. The summed E-state index contributed by atoms with van der Waals surface area (Å²) in [5, 5.41) is 46.0. The van der Waals surface area contributed by atoms with E-state index in [1.54, 1.807) is 23.5 Å². The molecule has 0 aliphatic heterocycles. The van der Waals surface area contributed by atoms with Crippen molar-refractivity contribution in [1.82, 2.24) is 20.5 Å². The minimum atomic E-state index is -3.50. The van der Waals surface area contributed by atoms with Crippen LogP contribution in [0.5, 0.6) is 5.75 Å². The topological polar surface area (TPSA) is 208 Å². The van der Waals surface area contributed by atoms with Crippen LogP contribution in [0.2, 0.25) is 0 Å². The minimum absolute atomic E-state index is 0.0105. The molecule has 2 heterocycles. The van der Waals surface area contributed by atoms with Crippen molar-refractivity contribution >= 4 is 51.3 Å². The van der Waals surface area contributed by atoms with Gasteiger partial charge in [0.05, 0.1) is 30.2 Å². The molecular formula is C22H23N7O7S. The number of carbonyl (C=O) groups excluding carboxylic acids is 3. The number of para-hydroxylation sites is 1. The van der Waals surface area contributed by atoms with Crippen LogP contribution in [0.15, 0.2) is 30.5 Å². The second-order valence-electron chi connectivity index (χ2n) is 8.07. The third-order valence-electron chi connectivity index (χ3n) is 5.01. The summed E-state index contributed by atoms with van der Waals surface area (Å²) in [6, 6.07) is 6.42. The molecule has 1 saturated carbocycles. The summed E-state index contributed by atoms with van der Waals surface area (Å²) < 4.78 is 5.60. The zero-order valence-corrected chi connectivity index (χ0v) is 20.4. The number of ether oxygens (including phenoxy) is 1. The second kappa shape index (κ2) is 10.4. The van der Waals surface area contributed by atoms with Gasteiger partial charge in [-0.05, 0) is 25.0 Å². The van der Waals surface area contributed by atoms with Gasteiger partial charge in [-0.3, -0.25) is 19.7 Å². The van der Waals surface area contributed by atoms with Crippen molar-refractivity contribution < 1.29 is 34.4 Å². The summed E-state index contributed by atoms with van der Waals surface area (Å²) in [6.07, 6.45) is -0.458. The predicted octanol–water partition coefficient (Wildman–Crippen LogP) is 0.977. The number of carbonyl (C=O) groups is 3. The lowest BCUT2D eigenvalue weighted by atomic mass is 10.1. The number of nitrogens with one attached hydrogen (secondary N) is 4. The van der Waals surface area contributed by atoms with Gasteiger partial charge in [0.1, 0.15) is 10.0 Å². The minimum Gasteiger partial charge on any atom is -0.494 e. The lowest BCUT2D eigenvalue weighted by Gasteiger charge is -2.18. The van der Waals surface area contributed by atoms with E-state index in [4.69, 9.17) is 4.74 Å². The Bertz CT molecular complexity index is 1350. The maximum absolute atomic E-state index is 12.6. The molecular weight excluding hydrogens is 506 g/mol. The normalized spacial score (nSPS) is 13.0. The fraction of sp³-hybridized carbons (Fsp3) is 0.273. The van der Waals surface area contributed by atoms with Crippen LogP contribution in [0, 0.1) is 5.92 Å². The standard InChI is InChI=1S/C22H23N7O7S/c1-10(30)24-16-9-23-21(37-16)12-4-3-5-13(18(12)36-2)25-14-8-15(26-19(31)11-6-7-11)28-29-17(14)20(32)27-22(33,34)35/h3-5,8-9,11,33-35H,6-7H2,1-2H3,(H,24,30)(H,27,32)(H2,25,26,28,31). The van der Waals surface area contributed by atoms with Gasteiger partial charge in [0, 0.05) is 18.9 Å². The van der Waals surface area contributed by atoms with E-state index in [9.17, 15) is 29.7 Å². The van der Waals surface area contributed by atoms with Crippen LogP contribution in [-0.2, 0) is 9.59 Å². The summed E-state index contributed by atoms with van der Waals surface area (Å²) in [6.45, 7) is 1.39. The molecule has 7 N–H and O–H groups in total. The first-order chi connectivity index (χ1) is 17.5. The van der Waals surface area contributed by atoms with Crippen LogP contribution in [0.1, 0.15) is 30.3 Å². The third kappa shape index (κ3) is 6.53. The molecule has 3 aromatic rings. The summed E-state index contributed by atoms with van der Waals surface area (Å²) in [5.74, 6) is -1.38. The molecule has 0 bridgehead atoms. The van der Waals surface area contributed by atoms with Gasteiger partial charge in [0.25, 0.3) is 5.91 Å². The Labute approximate surface area is 213 Å². The van der Waals surface area contributed by atoms with E-state index < -0.39 is 17.7 Å². The SMILES string of the molecule is COc1c(Nc2cc(NC(=O)C3CC3)nnc2C(=O)NC(O)(O)O)cccc1-c1ncc(NC(C)=O)s1. The molecule has 0 spiro atoms. The van der Waals surface area contributed by atoms with Crippen LogP contribution >= 0.6 is 11.3 Å². The molecule has 1 aliphatic carbocycles. The van der Waals surface area contributed by atoms with Crippen molar-refractivity contribution in [3.05, 3.63) is 36.2 Å². The first-order valence-corrected chi connectivity index (χ1v) is 11.7. The van der Waals surface area contributed by atoms with Gasteiger partial charge in [-0.1, -0.05) is 17.4 Å². The van der Waals surface area contributed by atoms with E-state index in [0.29, 0.717) is 27.0 Å². The number of aliphatic hydroxyl groups is 3. The molecule has 1 aliphatic rings. The number of thiazole rings is 1. The smallest absolute Gasteiger partial charge is 0.369 e. The van der Waals surface area contributed by atoms with Gasteiger partial charge in [0.15, 0.2) is 17.3 Å². The van der Waals surface area contributed by atoms with Gasteiger partial charge in [-0.25, -0.2) is 4.98 Å². The van der Waals surface area contributed by atoms with E-state index in [1.165, 1.54) is 37.6 Å². The average molecular weight is 530 g/mol. The number of amides is 3. The molecule has 37 heavy (non-hydrogen) atoms. The van der Waals surface area contributed by atoms with Crippen molar-refractivity contribution in [2.75, 3.05) is 23.1 Å². The number of benzene rings is 1. The predicted molar refractivity (Wildman–Crippen MR) is 132 cm³/mol. The van der Waals surface area contributed by atoms with Gasteiger partial charge in [-0.2, -0.15) is 0 Å². The fourth-order valence-electron chi connectivity index (χ4n) is 3.30. The van der Waals surface area contributed by atoms with E-state index in [0.717, 1.165) is 12.8 Å². The van der Waals surface area contributed by atoms with Gasteiger partial charge in [0.2, 0.25) is 11.8 Å². The molecule has 15 heteroatoms. The highest BCUT2D eigenvalue weighted by atomic mass is 32.1. The van der Waals surface area contributed by atoms with Gasteiger partial charge in [-0.15, -0.1) is 10.2 Å². The summed E-state index contributed by atoms with van der Waals surface area (Å²) in [5.41, 5.74) is 0.530. The first kappa shape index (κ1) is 25.9. The molecule has 0 atom stereocenters. The van der Waals surface area contributed by atoms with Crippen molar-refractivity contribution in [3.63, 3.8) is 0 Å². The van der Waals surface area contributed by atoms with Crippen LogP contribution < -0.4 is 26.0 Å². The Balaban J connectivity index is 1.70. The molecule has 0 saturated heterocycles. The van der Waals surface area contributed by atoms with Crippen LogP contribution in [0.25, 0.3) is 10.6 Å². The van der Waals surface area contributed by atoms with Gasteiger partial charge >= 0.3 is 6.10 Å². The van der Waals surface area contributed by atoms with E-state index in [-0.39, 0.29) is 29.2 Å². The van der Waals surface area contributed by atoms with Crippen molar-refractivity contribution in [3.8, 4) is 16.3 Å². The maximum atomic E-state index is 12.6. The molecule has 1 aromatic carbocycles. The highest BCUT2D eigenvalue weighted by Crippen LogP contribution is 2.41. The largest absolute Gasteiger partial charge is 0.494 e. The van der Waals surface area contributed by atoms with Crippen molar-refractivity contribution in [2.24, 2.45) is 5.92 Å². The molecule has 0 unspecified atom stereocenters. The fourth-order valence-corrected chi connectivity index (χ4v) is 4.18. The molecule has 2 aromatic heterocycles. The Morgan fingerprint density at radius 3 is 2.51 bits per heavy atom. The molecule has 1 fully saturated rings. The first-order valence-electron chi connectivity index (χ1n) is 10.9. The number of nitrogens with zero attached hydrogens (tertiary/aromatic N) is 3. The maximum Gasteiger partial charge on any atom is 0.369 e. The van der Waals surface area contributed by atoms with Crippen molar-refractivity contribution in [2.45, 2.75) is 25.9 Å². The summed E-state index contributed by atoms with van der Waals surface area (Å²) in [4.78, 5) is 40.4.